The quantitative estimate of drug-likeness (QED) is 0.366. The number of thioether (sulfide) groups is 1. The van der Waals surface area contributed by atoms with Crippen LogP contribution in [0.3, 0.4) is 0 Å². The zero-order chi connectivity index (χ0) is 17.5. The van der Waals surface area contributed by atoms with Crippen molar-refractivity contribution in [1.82, 2.24) is 0 Å². The fourth-order valence-electron chi connectivity index (χ4n) is 2.54. The van der Waals surface area contributed by atoms with E-state index >= 15 is 0 Å². The van der Waals surface area contributed by atoms with Crippen LogP contribution in [0.4, 0.5) is 5.69 Å². The Morgan fingerprint density at radius 2 is 1.40 bits per heavy atom. The highest BCUT2D eigenvalue weighted by Crippen LogP contribution is 2.24. The fraction of sp³-hybridized carbons (Fsp3) is 0.0870. The van der Waals surface area contributed by atoms with Crippen LogP contribution in [0.1, 0.15) is 18.1 Å². The average molecular weight is 343 g/mol. The van der Waals surface area contributed by atoms with Gasteiger partial charge in [0.1, 0.15) is 0 Å². The molecule has 0 bridgehead atoms. The molecule has 0 saturated carbocycles. The van der Waals surface area contributed by atoms with Gasteiger partial charge in [-0.05, 0) is 54.7 Å². The van der Waals surface area contributed by atoms with Crippen LogP contribution >= 0.6 is 11.8 Å². The molecule has 3 rings (SSSR count). The van der Waals surface area contributed by atoms with E-state index in [9.17, 15) is 0 Å². The molecule has 0 aliphatic heterocycles. The second-order valence-corrected chi connectivity index (χ2v) is 6.79. The van der Waals surface area contributed by atoms with E-state index in [1.807, 2.05) is 36.4 Å². The lowest BCUT2D eigenvalue weighted by atomic mass is 10.00. The number of hydrogen-bond acceptors (Lipinski definition) is 2. The SMILES string of the molecule is C/C(=C\Sc1ccccc1)C(=Nc1ccccc1)c1ccccc1C. The highest BCUT2D eigenvalue weighted by molar-refractivity contribution is 8.02. The Morgan fingerprint density at radius 1 is 0.800 bits per heavy atom. The number of para-hydroxylation sites is 1. The van der Waals surface area contributed by atoms with Crippen LogP contribution in [-0.4, -0.2) is 5.71 Å². The summed E-state index contributed by atoms with van der Waals surface area (Å²) in [6.45, 7) is 4.26. The third kappa shape index (κ3) is 4.71. The summed E-state index contributed by atoms with van der Waals surface area (Å²) in [6, 6.07) is 28.9. The Morgan fingerprint density at radius 3 is 2.08 bits per heavy atom. The summed E-state index contributed by atoms with van der Waals surface area (Å²) in [5, 5.41) is 2.18. The van der Waals surface area contributed by atoms with Crippen molar-refractivity contribution in [3.05, 3.63) is 107 Å². The van der Waals surface area contributed by atoms with Gasteiger partial charge in [0.2, 0.25) is 0 Å². The topological polar surface area (TPSA) is 12.4 Å². The molecule has 1 nitrogen and oxygen atoms in total. The first-order valence-electron chi connectivity index (χ1n) is 8.32. The molecule has 0 amide bonds. The molecule has 0 aromatic heterocycles. The van der Waals surface area contributed by atoms with E-state index in [1.54, 1.807) is 11.8 Å². The van der Waals surface area contributed by atoms with Gasteiger partial charge < -0.3 is 0 Å². The van der Waals surface area contributed by atoms with E-state index in [-0.39, 0.29) is 0 Å². The number of aryl methyl sites for hydroxylation is 1. The van der Waals surface area contributed by atoms with Crippen LogP contribution in [0.5, 0.6) is 0 Å². The van der Waals surface area contributed by atoms with E-state index in [4.69, 9.17) is 4.99 Å². The van der Waals surface area contributed by atoms with Crippen molar-refractivity contribution in [2.45, 2.75) is 18.7 Å². The lowest BCUT2D eigenvalue weighted by Crippen LogP contribution is -2.04. The molecule has 0 heterocycles. The fourth-order valence-corrected chi connectivity index (χ4v) is 3.28. The van der Waals surface area contributed by atoms with Gasteiger partial charge >= 0.3 is 0 Å². The Balaban J connectivity index is 1.99. The predicted molar refractivity (Wildman–Crippen MR) is 110 cm³/mol. The summed E-state index contributed by atoms with van der Waals surface area (Å²) in [4.78, 5) is 6.16. The Hall–Kier alpha value is -2.58. The van der Waals surface area contributed by atoms with Crippen LogP contribution in [0.2, 0.25) is 0 Å². The van der Waals surface area contributed by atoms with E-state index in [1.165, 1.54) is 16.0 Å². The maximum atomic E-state index is 4.94. The second-order valence-electron chi connectivity index (χ2n) is 5.84. The van der Waals surface area contributed by atoms with Gasteiger partial charge in [0, 0.05) is 10.5 Å². The standard InChI is InChI=1S/C23H21NS/c1-18-11-9-10-16-22(18)23(24-20-12-5-3-6-13-20)19(2)17-25-21-14-7-4-8-15-21/h3-17H,1-2H3/b19-17+,24-23?. The minimum absolute atomic E-state index is 0.971. The summed E-state index contributed by atoms with van der Waals surface area (Å²) in [7, 11) is 0. The molecule has 0 aliphatic rings. The maximum Gasteiger partial charge on any atom is 0.0746 e. The van der Waals surface area contributed by atoms with Crippen molar-refractivity contribution in [2.24, 2.45) is 4.99 Å². The molecular weight excluding hydrogens is 322 g/mol. The number of rotatable bonds is 5. The molecule has 0 spiro atoms. The first kappa shape index (κ1) is 17.2. The molecule has 0 fully saturated rings. The Kier molecular flexibility index (Phi) is 5.86. The molecule has 0 aliphatic carbocycles. The molecule has 25 heavy (non-hydrogen) atoms. The number of allylic oxidation sites excluding steroid dienone is 1. The van der Waals surface area contributed by atoms with Crippen LogP contribution in [-0.2, 0) is 0 Å². The first-order chi connectivity index (χ1) is 12.2. The van der Waals surface area contributed by atoms with Crippen molar-refractivity contribution in [2.75, 3.05) is 0 Å². The molecule has 124 valence electrons. The molecule has 0 unspecified atom stereocenters. The van der Waals surface area contributed by atoms with Crippen molar-refractivity contribution in [3.63, 3.8) is 0 Å². The molecule has 3 aromatic carbocycles. The molecule has 2 heteroatoms. The molecular formula is C23H21NS. The molecule has 0 atom stereocenters. The van der Waals surface area contributed by atoms with Gasteiger partial charge in [0.15, 0.2) is 0 Å². The number of hydrogen-bond donors (Lipinski definition) is 0. The smallest absolute Gasteiger partial charge is 0.0746 e. The predicted octanol–water partition coefficient (Wildman–Crippen LogP) is 6.81. The van der Waals surface area contributed by atoms with E-state index in [2.05, 4.69) is 67.8 Å². The normalized spacial score (nSPS) is 12.2. The third-order valence-electron chi connectivity index (χ3n) is 3.89. The van der Waals surface area contributed by atoms with Crippen LogP contribution in [0, 0.1) is 6.92 Å². The Labute approximate surface area is 154 Å². The Bertz CT molecular complexity index is 880. The minimum Gasteiger partial charge on any atom is -0.248 e. The van der Waals surface area contributed by atoms with Crippen LogP contribution in [0.25, 0.3) is 0 Å². The minimum atomic E-state index is 0.971. The van der Waals surface area contributed by atoms with Crippen LogP contribution in [0.15, 0.2) is 106 Å². The zero-order valence-electron chi connectivity index (χ0n) is 14.5. The third-order valence-corrected chi connectivity index (χ3v) is 4.90. The molecule has 0 radical (unpaired) electrons. The average Bonchev–Trinajstić information content (AvgIpc) is 2.66. The van der Waals surface area contributed by atoms with Gasteiger partial charge in [-0.3, -0.25) is 0 Å². The molecule has 3 aromatic rings. The number of nitrogens with zero attached hydrogens (tertiary/aromatic N) is 1. The highest BCUT2D eigenvalue weighted by Gasteiger charge is 2.09. The molecule has 0 saturated heterocycles. The summed E-state index contributed by atoms with van der Waals surface area (Å²) in [6.07, 6.45) is 0. The van der Waals surface area contributed by atoms with Crippen molar-refractivity contribution < 1.29 is 0 Å². The van der Waals surface area contributed by atoms with Gasteiger partial charge in [-0.25, -0.2) is 4.99 Å². The van der Waals surface area contributed by atoms with Crippen molar-refractivity contribution in [1.29, 1.82) is 0 Å². The highest BCUT2D eigenvalue weighted by atomic mass is 32.2. The number of benzene rings is 3. The van der Waals surface area contributed by atoms with Crippen LogP contribution < -0.4 is 0 Å². The summed E-state index contributed by atoms with van der Waals surface area (Å²) >= 11 is 1.73. The number of aliphatic imine (C=N–C) groups is 1. The first-order valence-corrected chi connectivity index (χ1v) is 9.20. The lowest BCUT2D eigenvalue weighted by molar-refractivity contribution is 1.39. The zero-order valence-corrected chi connectivity index (χ0v) is 15.3. The summed E-state index contributed by atoms with van der Waals surface area (Å²) in [5.41, 5.74) is 5.56. The van der Waals surface area contributed by atoms with Gasteiger partial charge in [-0.15, -0.1) is 0 Å². The van der Waals surface area contributed by atoms with E-state index in [0.717, 1.165) is 17.0 Å². The molecule has 0 N–H and O–H groups in total. The van der Waals surface area contributed by atoms with Gasteiger partial charge in [0.25, 0.3) is 0 Å². The lowest BCUT2D eigenvalue weighted by Gasteiger charge is -2.11. The van der Waals surface area contributed by atoms with Gasteiger partial charge in [-0.1, -0.05) is 72.4 Å². The second kappa shape index (κ2) is 8.50. The van der Waals surface area contributed by atoms with Gasteiger partial charge in [-0.2, -0.15) is 0 Å². The van der Waals surface area contributed by atoms with E-state index < -0.39 is 0 Å². The maximum absolute atomic E-state index is 4.94. The van der Waals surface area contributed by atoms with Crippen molar-refractivity contribution in [3.8, 4) is 0 Å². The monoisotopic (exact) mass is 343 g/mol. The van der Waals surface area contributed by atoms with Crippen molar-refractivity contribution >= 4 is 23.2 Å². The van der Waals surface area contributed by atoms with Gasteiger partial charge in [0.05, 0.1) is 11.4 Å². The summed E-state index contributed by atoms with van der Waals surface area (Å²) < 4.78 is 0. The summed E-state index contributed by atoms with van der Waals surface area (Å²) in [5.74, 6) is 0. The van der Waals surface area contributed by atoms with E-state index in [0.29, 0.717) is 0 Å². The largest absolute Gasteiger partial charge is 0.248 e.